The van der Waals surface area contributed by atoms with Crippen LogP contribution >= 0.6 is 0 Å². The number of halogens is 1. The van der Waals surface area contributed by atoms with Crippen molar-refractivity contribution in [2.24, 2.45) is 0 Å². The number of amides is 2. The molecule has 1 aromatic heterocycles. The second-order valence-corrected chi connectivity index (χ2v) is 9.12. The fourth-order valence-corrected chi connectivity index (χ4v) is 4.64. The molecular formula is C25H30FN7O4. The lowest BCUT2D eigenvalue weighted by molar-refractivity contribution is -0.140. The number of carbonyl (C=O) groups excluding carboxylic acids is 3. The van der Waals surface area contributed by atoms with Crippen LogP contribution in [0.5, 0.6) is 0 Å². The van der Waals surface area contributed by atoms with Crippen molar-refractivity contribution in [1.29, 1.82) is 5.26 Å². The summed E-state index contributed by atoms with van der Waals surface area (Å²) in [6, 6.07) is 5.68. The van der Waals surface area contributed by atoms with Crippen LogP contribution in [0.1, 0.15) is 38.5 Å². The third-order valence-corrected chi connectivity index (χ3v) is 6.65. The average molecular weight is 512 g/mol. The van der Waals surface area contributed by atoms with Crippen LogP contribution in [-0.2, 0) is 19.1 Å². The van der Waals surface area contributed by atoms with Gasteiger partial charge in [0, 0.05) is 19.6 Å². The van der Waals surface area contributed by atoms with E-state index < -0.39 is 17.8 Å². The molecule has 0 spiro atoms. The molecule has 2 aliphatic heterocycles. The van der Waals surface area contributed by atoms with E-state index in [0.29, 0.717) is 38.0 Å². The maximum absolute atomic E-state index is 14.6. The van der Waals surface area contributed by atoms with Crippen molar-refractivity contribution in [1.82, 2.24) is 25.3 Å². The molecule has 2 amide bonds. The number of anilines is 1. The number of H-pyrrole nitrogens is 1. The van der Waals surface area contributed by atoms with Gasteiger partial charge in [-0.3, -0.25) is 19.5 Å². The molecule has 2 aliphatic rings. The summed E-state index contributed by atoms with van der Waals surface area (Å²) in [6.07, 6.45) is 3.44. The summed E-state index contributed by atoms with van der Waals surface area (Å²) >= 11 is 0. The predicted octanol–water partition coefficient (Wildman–Crippen LogP) is 2.01. The van der Waals surface area contributed by atoms with Crippen molar-refractivity contribution in [2.75, 3.05) is 38.6 Å². The van der Waals surface area contributed by atoms with Crippen LogP contribution in [0.15, 0.2) is 29.6 Å². The molecule has 2 fully saturated rings. The van der Waals surface area contributed by atoms with Crippen molar-refractivity contribution in [3.63, 3.8) is 0 Å². The molecule has 0 aliphatic carbocycles. The molecule has 1 atom stereocenters. The van der Waals surface area contributed by atoms with Crippen molar-refractivity contribution >= 4 is 34.5 Å². The summed E-state index contributed by atoms with van der Waals surface area (Å²) in [7, 11) is 1.21. The molecule has 0 saturated carbocycles. The number of ether oxygens (including phenoxy) is 1. The summed E-state index contributed by atoms with van der Waals surface area (Å²) in [6.45, 7) is 1.84. The van der Waals surface area contributed by atoms with Crippen LogP contribution in [0.4, 0.5) is 10.2 Å². The third kappa shape index (κ3) is 5.99. The Morgan fingerprint density at radius 2 is 2.00 bits per heavy atom. The van der Waals surface area contributed by atoms with Gasteiger partial charge in [0.2, 0.25) is 11.8 Å². The average Bonchev–Trinajstić information content (AvgIpc) is 3.55. The highest BCUT2D eigenvalue weighted by atomic mass is 19.1. The topological polar surface area (TPSA) is 143 Å². The van der Waals surface area contributed by atoms with Gasteiger partial charge >= 0.3 is 5.97 Å². The van der Waals surface area contributed by atoms with E-state index in [1.54, 1.807) is 15.9 Å². The minimum atomic E-state index is -0.771. The number of hydrogen-bond donors (Lipinski definition) is 3. The van der Waals surface area contributed by atoms with Gasteiger partial charge in [-0.1, -0.05) is 6.07 Å². The number of benzene rings is 1. The van der Waals surface area contributed by atoms with E-state index in [4.69, 9.17) is 4.74 Å². The second-order valence-electron chi connectivity index (χ2n) is 9.12. The number of methoxy groups -OCH3 is 1. The summed E-state index contributed by atoms with van der Waals surface area (Å²) in [5, 5.41) is 22.8. The number of esters is 1. The molecule has 2 saturated heterocycles. The molecular weight excluding hydrogens is 481 g/mol. The van der Waals surface area contributed by atoms with Crippen molar-refractivity contribution in [2.45, 2.75) is 44.6 Å². The highest BCUT2D eigenvalue weighted by Gasteiger charge is 2.31. The highest BCUT2D eigenvalue weighted by Crippen LogP contribution is 2.26. The van der Waals surface area contributed by atoms with Crippen LogP contribution < -0.4 is 10.6 Å². The maximum atomic E-state index is 14.6. The molecule has 3 N–H and O–H groups in total. The molecule has 11 nitrogen and oxygen atoms in total. The third-order valence-electron chi connectivity index (χ3n) is 6.65. The van der Waals surface area contributed by atoms with Crippen molar-refractivity contribution in [3.05, 3.63) is 35.4 Å². The van der Waals surface area contributed by atoms with E-state index >= 15 is 0 Å². The molecule has 0 bridgehead atoms. The van der Waals surface area contributed by atoms with E-state index in [0.717, 1.165) is 19.3 Å². The van der Waals surface area contributed by atoms with E-state index in [1.165, 1.54) is 19.2 Å². The number of carbonyl (C=O) groups is 3. The van der Waals surface area contributed by atoms with Crippen molar-refractivity contribution in [3.8, 4) is 6.07 Å². The molecule has 37 heavy (non-hydrogen) atoms. The number of nitrogens with one attached hydrogen (secondary N) is 3. The smallest absolute Gasteiger partial charge is 0.310 e. The Kier molecular flexibility index (Phi) is 8.22. The molecule has 4 rings (SSSR count). The van der Waals surface area contributed by atoms with Crippen LogP contribution in [0.25, 0.3) is 10.9 Å². The Morgan fingerprint density at radius 3 is 2.73 bits per heavy atom. The van der Waals surface area contributed by atoms with Gasteiger partial charge in [-0.05, 0) is 44.2 Å². The molecule has 0 radical (unpaired) electrons. The molecule has 1 aromatic carbocycles. The normalized spacial score (nSPS) is 18.7. The van der Waals surface area contributed by atoms with Gasteiger partial charge in [0.05, 0.1) is 42.6 Å². The first kappa shape index (κ1) is 25.9. The van der Waals surface area contributed by atoms with E-state index in [1.807, 2.05) is 6.07 Å². The SMILES string of the molecule is COC(=O)C/C(C#N)=C(\Nc1n[nH]c2cccc(F)c12)NC1CCCCN(CC(=O)N2CCCC2)C1=O. The first-order chi connectivity index (χ1) is 17.9. The molecule has 196 valence electrons. The Morgan fingerprint density at radius 1 is 1.24 bits per heavy atom. The number of nitriles is 1. The summed E-state index contributed by atoms with van der Waals surface area (Å²) < 4.78 is 19.3. The van der Waals surface area contributed by atoms with Gasteiger partial charge in [-0.2, -0.15) is 10.4 Å². The van der Waals surface area contributed by atoms with E-state index in [2.05, 4.69) is 20.8 Å². The first-order valence-corrected chi connectivity index (χ1v) is 12.3. The number of nitrogens with zero attached hydrogens (tertiary/aromatic N) is 4. The zero-order valence-corrected chi connectivity index (χ0v) is 20.7. The van der Waals surface area contributed by atoms with Gasteiger partial charge in [0.25, 0.3) is 0 Å². The number of aromatic nitrogens is 2. The lowest BCUT2D eigenvalue weighted by Crippen LogP contribution is -2.49. The van der Waals surface area contributed by atoms with Crippen LogP contribution in [0, 0.1) is 17.1 Å². The first-order valence-electron chi connectivity index (χ1n) is 12.3. The van der Waals surface area contributed by atoms with Crippen LogP contribution in [-0.4, -0.2) is 77.1 Å². The molecule has 1 unspecified atom stereocenters. The largest absolute Gasteiger partial charge is 0.469 e. The minimum absolute atomic E-state index is 0.00796. The highest BCUT2D eigenvalue weighted by molar-refractivity contribution is 5.91. The van der Waals surface area contributed by atoms with E-state index in [-0.39, 0.29) is 47.4 Å². The quantitative estimate of drug-likeness (QED) is 0.361. The lowest BCUT2D eigenvalue weighted by Gasteiger charge is -2.28. The number of likely N-dealkylation sites (tertiary alicyclic amines) is 2. The monoisotopic (exact) mass is 511 g/mol. The molecule has 3 heterocycles. The minimum Gasteiger partial charge on any atom is -0.469 e. The lowest BCUT2D eigenvalue weighted by atomic mass is 10.1. The predicted molar refractivity (Wildman–Crippen MR) is 132 cm³/mol. The number of hydrogen-bond acceptors (Lipinski definition) is 8. The summed E-state index contributed by atoms with van der Waals surface area (Å²) in [5.41, 5.74) is 0.404. The van der Waals surface area contributed by atoms with Gasteiger partial charge in [0.15, 0.2) is 5.82 Å². The molecule has 2 aromatic rings. The standard InChI is InChI=1S/C25H30FN7O4/c1-37-21(35)13-16(14-27)23(29-24-22-17(26)7-6-9-18(22)30-31-24)28-19-8-2-3-12-33(25(19)36)15-20(34)32-10-4-5-11-32/h6-7,9,19,28H,2-5,8,10-13,15H2,1H3,(H2,29,30,31)/b23-16+. The van der Waals surface area contributed by atoms with Gasteiger partial charge in [-0.25, -0.2) is 4.39 Å². The Hall–Kier alpha value is -4.14. The second kappa shape index (κ2) is 11.7. The maximum Gasteiger partial charge on any atom is 0.310 e. The van der Waals surface area contributed by atoms with Crippen molar-refractivity contribution < 1.29 is 23.5 Å². The van der Waals surface area contributed by atoms with Crippen LogP contribution in [0.2, 0.25) is 0 Å². The number of aromatic amines is 1. The van der Waals surface area contributed by atoms with Gasteiger partial charge in [0.1, 0.15) is 17.7 Å². The number of rotatable bonds is 8. The fraction of sp³-hybridized carbons (Fsp3) is 0.480. The zero-order valence-electron chi connectivity index (χ0n) is 20.7. The summed E-state index contributed by atoms with van der Waals surface area (Å²) in [5.74, 6) is -1.40. The van der Waals surface area contributed by atoms with E-state index in [9.17, 15) is 24.0 Å². The fourth-order valence-electron chi connectivity index (χ4n) is 4.64. The Bertz CT molecular complexity index is 1250. The Labute approximate surface area is 213 Å². The van der Waals surface area contributed by atoms with Gasteiger partial charge in [-0.15, -0.1) is 0 Å². The summed E-state index contributed by atoms with van der Waals surface area (Å²) in [4.78, 5) is 41.5. The van der Waals surface area contributed by atoms with Crippen LogP contribution in [0.3, 0.4) is 0 Å². The Balaban J connectivity index is 1.61. The number of fused-ring (bicyclic) bond motifs is 1. The molecule has 12 heteroatoms. The zero-order chi connectivity index (χ0) is 26.4. The van der Waals surface area contributed by atoms with Gasteiger partial charge < -0.3 is 25.2 Å².